The van der Waals surface area contributed by atoms with Gasteiger partial charge >= 0.3 is 0 Å². The summed E-state index contributed by atoms with van der Waals surface area (Å²) in [5, 5.41) is 2.96. The highest BCUT2D eigenvalue weighted by Gasteiger charge is 2.42. The number of carbonyl (C=O) groups is 1. The van der Waals surface area contributed by atoms with Crippen LogP contribution in [0.5, 0.6) is 0 Å². The van der Waals surface area contributed by atoms with Crippen LogP contribution in [0.4, 0.5) is 0 Å². The van der Waals surface area contributed by atoms with Crippen LogP contribution in [0.2, 0.25) is 0 Å². The molecule has 0 aromatic heterocycles. The summed E-state index contributed by atoms with van der Waals surface area (Å²) >= 11 is 0. The molecule has 1 aromatic rings. The Labute approximate surface area is 138 Å². The second kappa shape index (κ2) is 6.24. The van der Waals surface area contributed by atoms with Gasteiger partial charge in [-0.25, -0.2) is 12.7 Å². The van der Waals surface area contributed by atoms with E-state index in [1.807, 2.05) is 0 Å². The molecule has 2 aliphatic carbocycles. The lowest BCUT2D eigenvalue weighted by atomic mass is 9.88. The van der Waals surface area contributed by atoms with Crippen molar-refractivity contribution in [2.75, 3.05) is 14.1 Å². The average molecular weight is 336 g/mol. The lowest BCUT2D eigenvalue weighted by Crippen LogP contribution is -2.34. The van der Waals surface area contributed by atoms with Gasteiger partial charge in [-0.05, 0) is 42.7 Å². The highest BCUT2D eigenvalue weighted by molar-refractivity contribution is 7.89. The van der Waals surface area contributed by atoms with Gasteiger partial charge < -0.3 is 5.32 Å². The standard InChI is InChI=1S/C17H24N2O3S/c1-19(2)23(21,22)16-6-4-3-5-14(16)11-18-17(20)15-10-12-7-8-13(15)9-12/h3-6,12-13,15H,7-11H2,1-2H3,(H,18,20)/t12-,13+,15+/m0/s1. The van der Waals surface area contributed by atoms with Crippen molar-refractivity contribution in [1.82, 2.24) is 9.62 Å². The van der Waals surface area contributed by atoms with E-state index in [0.29, 0.717) is 11.5 Å². The number of nitrogens with zero attached hydrogens (tertiary/aromatic N) is 1. The predicted molar refractivity (Wildman–Crippen MR) is 88.1 cm³/mol. The Morgan fingerprint density at radius 1 is 1.22 bits per heavy atom. The molecule has 0 unspecified atom stereocenters. The van der Waals surface area contributed by atoms with E-state index >= 15 is 0 Å². The summed E-state index contributed by atoms with van der Waals surface area (Å²) < 4.78 is 25.9. The minimum atomic E-state index is -3.50. The number of amides is 1. The summed E-state index contributed by atoms with van der Waals surface area (Å²) in [5.41, 5.74) is 0.637. The third-order valence-electron chi connectivity index (χ3n) is 5.26. The van der Waals surface area contributed by atoms with E-state index in [-0.39, 0.29) is 23.3 Å². The van der Waals surface area contributed by atoms with E-state index in [0.717, 1.165) is 18.8 Å². The van der Waals surface area contributed by atoms with E-state index in [4.69, 9.17) is 0 Å². The molecule has 0 spiro atoms. The van der Waals surface area contributed by atoms with Crippen molar-refractivity contribution in [3.63, 3.8) is 0 Å². The zero-order valence-corrected chi connectivity index (χ0v) is 14.5. The third kappa shape index (κ3) is 3.15. The number of carbonyl (C=O) groups excluding carboxylic acids is 1. The van der Waals surface area contributed by atoms with Crippen molar-refractivity contribution in [3.05, 3.63) is 29.8 Å². The van der Waals surface area contributed by atoms with Crippen LogP contribution in [0, 0.1) is 17.8 Å². The first-order chi connectivity index (χ1) is 10.9. The number of benzene rings is 1. The van der Waals surface area contributed by atoms with Crippen LogP contribution < -0.4 is 5.32 Å². The van der Waals surface area contributed by atoms with E-state index in [1.54, 1.807) is 24.3 Å². The SMILES string of the molecule is CN(C)S(=O)(=O)c1ccccc1CNC(=O)[C@@H]1C[C@H]2CC[C@@H]1C2. The first kappa shape index (κ1) is 16.5. The molecule has 0 aliphatic heterocycles. The topological polar surface area (TPSA) is 66.5 Å². The molecule has 2 fully saturated rings. The van der Waals surface area contributed by atoms with E-state index in [9.17, 15) is 13.2 Å². The van der Waals surface area contributed by atoms with Gasteiger partial charge in [0.2, 0.25) is 15.9 Å². The summed E-state index contributed by atoms with van der Waals surface area (Å²) in [6, 6.07) is 6.86. The third-order valence-corrected chi connectivity index (χ3v) is 7.17. The van der Waals surface area contributed by atoms with E-state index < -0.39 is 10.0 Å². The minimum absolute atomic E-state index is 0.0780. The molecular weight excluding hydrogens is 312 g/mol. The summed E-state index contributed by atoms with van der Waals surface area (Å²) in [7, 11) is -0.473. The molecule has 5 nitrogen and oxygen atoms in total. The Bertz CT molecular complexity index is 700. The summed E-state index contributed by atoms with van der Waals surface area (Å²) in [6.45, 7) is 0.260. The number of hydrogen-bond acceptors (Lipinski definition) is 3. The molecule has 126 valence electrons. The molecule has 23 heavy (non-hydrogen) atoms. The smallest absolute Gasteiger partial charge is 0.242 e. The molecule has 2 bridgehead atoms. The van der Waals surface area contributed by atoms with Gasteiger partial charge in [0.25, 0.3) is 0 Å². The van der Waals surface area contributed by atoms with Gasteiger partial charge in [-0.1, -0.05) is 24.6 Å². The van der Waals surface area contributed by atoms with Crippen molar-refractivity contribution < 1.29 is 13.2 Å². The molecule has 0 saturated heterocycles. The van der Waals surface area contributed by atoms with Crippen molar-refractivity contribution in [3.8, 4) is 0 Å². The Morgan fingerprint density at radius 3 is 2.57 bits per heavy atom. The van der Waals surface area contributed by atoms with Crippen molar-refractivity contribution in [2.24, 2.45) is 17.8 Å². The second-order valence-corrected chi connectivity index (χ2v) is 9.01. The molecular formula is C17H24N2O3S. The Hall–Kier alpha value is -1.40. The molecule has 1 N–H and O–H groups in total. The van der Waals surface area contributed by atoms with Gasteiger partial charge in [-0.2, -0.15) is 0 Å². The van der Waals surface area contributed by atoms with E-state index in [1.165, 1.54) is 31.2 Å². The van der Waals surface area contributed by atoms with Crippen LogP contribution in [0.25, 0.3) is 0 Å². The summed E-state index contributed by atoms with van der Waals surface area (Å²) in [5.74, 6) is 1.44. The average Bonchev–Trinajstić information content (AvgIpc) is 3.15. The van der Waals surface area contributed by atoms with Crippen molar-refractivity contribution >= 4 is 15.9 Å². The maximum absolute atomic E-state index is 12.4. The Morgan fingerprint density at radius 2 is 1.96 bits per heavy atom. The quantitative estimate of drug-likeness (QED) is 0.894. The molecule has 0 heterocycles. The molecule has 1 aromatic carbocycles. The van der Waals surface area contributed by atoms with Crippen LogP contribution in [-0.2, 0) is 21.4 Å². The van der Waals surface area contributed by atoms with Gasteiger partial charge in [0.1, 0.15) is 0 Å². The fraction of sp³-hybridized carbons (Fsp3) is 0.588. The highest BCUT2D eigenvalue weighted by Crippen LogP contribution is 2.48. The van der Waals surface area contributed by atoms with Crippen LogP contribution in [0.1, 0.15) is 31.2 Å². The molecule has 2 aliphatic rings. The van der Waals surface area contributed by atoms with Gasteiger partial charge in [0, 0.05) is 26.6 Å². The minimum Gasteiger partial charge on any atom is -0.352 e. The molecule has 3 rings (SSSR count). The number of nitrogens with one attached hydrogen (secondary N) is 1. The Balaban J connectivity index is 1.70. The maximum atomic E-state index is 12.4. The number of rotatable bonds is 5. The molecule has 6 heteroatoms. The van der Waals surface area contributed by atoms with Crippen LogP contribution in [0.3, 0.4) is 0 Å². The van der Waals surface area contributed by atoms with E-state index in [2.05, 4.69) is 5.32 Å². The Kier molecular flexibility index (Phi) is 4.47. The van der Waals surface area contributed by atoms with Crippen LogP contribution in [-0.4, -0.2) is 32.7 Å². The zero-order valence-electron chi connectivity index (χ0n) is 13.7. The first-order valence-electron chi connectivity index (χ1n) is 8.17. The maximum Gasteiger partial charge on any atom is 0.242 e. The number of hydrogen-bond donors (Lipinski definition) is 1. The van der Waals surface area contributed by atoms with Crippen LogP contribution >= 0.6 is 0 Å². The van der Waals surface area contributed by atoms with Crippen molar-refractivity contribution in [1.29, 1.82) is 0 Å². The fourth-order valence-corrected chi connectivity index (χ4v) is 5.09. The molecule has 1 amide bonds. The highest BCUT2D eigenvalue weighted by atomic mass is 32.2. The monoisotopic (exact) mass is 336 g/mol. The summed E-state index contributed by atoms with van der Waals surface area (Å²) in [4.78, 5) is 12.7. The molecule has 0 radical (unpaired) electrons. The lowest BCUT2D eigenvalue weighted by molar-refractivity contribution is -0.126. The zero-order chi connectivity index (χ0) is 16.6. The first-order valence-corrected chi connectivity index (χ1v) is 9.61. The largest absolute Gasteiger partial charge is 0.352 e. The van der Waals surface area contributed by atoms with Gasteiger partial charge in [0.05, 0.1) is 4.90 Å². The molecule has 2 saturated carbocycles. The fourth-order valence-electron chi connectivity index (χ4n) is 3.98. The van der Waals surface area contributed by atoms with Gasteiger partial charge in [-0.3, -0.25) is 4.79 Å². The second-order valence-electron chi connectivity index (χ2n) is 6.89. The molecule has 3 atom stereocenters. The number of fused-ring (bicyclic) bond motifs is 2. The van der Waals surface area contributed by atoms with Crippen LogP contribution in [0.15, 0.2) is 29.2 Å². The van der Waals surface area contributed by atoms with Crippen molar-refractivity contribution in [2.45, 2.75) is 37.1 Å². The number of sulfonamides is 1. The normalized spacial score (nSPS) is 26.7. The lowest BCUT2D eigenvalue weighted by Gasteiger charge is -2.21. The van der Waals surface area contributed by atoms with Gasteiger partial charge in [-0.15, -0.1) is 0 Å². The predicted octanol–water partition coefficient (Wildman–Crippen LogP) is 1.99. The van der Waals surface area contributed by atoms with Gasteiger partial charge in [0.15, 0.2) is 0 Å². The summed E-state index contributed by atoms with van der Waals surface area (Å²) in [6.07, 6.45) is 4.60.